The quantitative estimate of drug-likeness (QED) is 0.839. The average molecular weight is 338 g/mol. The molecule has 0 heterocycles. The Labute approximate surface area is 131 Å². The zero-order chi connectivity index (χ0) is 16.4. The molecule has 0 bridgehead atoms. The van der Waals surface area contributed by atoms with Gasteiger partial charge in [0.05, 0.1) is 9.79 Å². The minimum absolute atomic E-state index is 0.301. The van der Waals surface area contributed by atoms with E-state index >= 15 is 0 Å². The maximum absolute atomic E-state index is 11.5. The molecular formula is C16H18O4S2. The second-order valence-corrected chi connectivity index (χ2v) is 9.37. The van der Waals surface area contributed by atoms with Gasteiger partial charge >= 0.3 is 0 Å². The predicted octanol–water partition coefficient (Wildman–Crippen LogP) is 2.28. The van der Waals surface area contributed by atoms with Crippen molar-refractivity contribution in [2.24, 2.45) is 0 Å². The molecule has 0 atom stereocenters. The molecule has 2 rings (SSSR count). The van der Waals surface area contributed by atoms with E-state index < -0.39 is 19.7 Å². The number of aryl methyl sites for hydroxylation is 2. The van der Waals surface area contributed by atoms with Crippen molar-refractivity contribution in [2.45, 2.75) is 22.6 Å². The van der Waals surface area contributed by atoms with Crippen LogP contribution in [-0.2, 0) is 32.5 Å². The van der Waals surface area contributed by atoms with Gasteiger partial charge in [-0.25, -0.2) is 16.8 Å². The molecule has 0 fully saturated rings. The number of hydrogen-bond donors (Lipinski definition) is 0. The predicted molar refractivity (Wildman–Crippen MR) is 86.5 cm³/mol. The van der Waals surface area contributed by atoms with E-state index in [0.717, 1.165) is 17.5 Å². The molecule has 0 saturated heterocycles. The molecule has 0 aliphatic heterocycles. The number of benzene rings is 2. The Hall–Kier alpha value is -1.66. The molecule has 0 saturated carbocycles. The van der Waals surface area contributed by atoms with Crippen LogP contribution >= 0.6 is 0 Å². The largest absolute Gasteiger partial charge is 0.224 e. The summed E-state index contributed by atoms with van der Waals surface area (Å²) < 4.78 is 45.9. The number of sulfone groups is 2. The summed E-state index contributed by atoms with van der Waals surface area (Å²) in [6, 6.07) is 13.7. The molecule has 0 amide bonds. The van der Waals surface area contributed by atoms with Gasteiger partial charge in [-0.1, -0.05) is 24.3 Å². The van der Waals surface area contributed by atoms with Gasteiger partial charge in [0.2, 0.25) is 0 Å². The number of hydrogen-bond acceptors (Lipinski definition) is 4. The Balaban J connectivity index is 2.11. The van der Waals surface area contributed by atoms with Crippen molar-refractivity contribution in [1.29, 1.82) is 0 Å². The lowest BCUT2D eigenvalue weighted by molar-refractivity contribution is 0.600. The minimum atomic E-state index is -3.20. The van der Waals surface area contributed by atoms with E-state index in [2.05, 4.69) is 0 Å². The van der Waals surface area contributed by atoms with Gasteiger partial charge < -0.3 is 0 Å². The zero-order valence-corrected chi connectivity index (χ0v) is 14.1. The fraction of sp³-hybridized carbons (Fsp3) is 0.250. The Morgan fingerprint density at radius 1 is 0.682 bits per heavy atom. The highest BCUT2D eigenvalue weighted by Gasteiger charge is 2.08. The van der Waals surface area contributed by atoms with Crippen molar-refractivity contribution >= 4 is 19.7 Å². The maximum atomic E-state index is 11.5. The van der Waals surface area contributed by atoms with Crippen LogP contribution in [0.1, 0.15) is 11.1 Å². The summed E-state index contributed by atoms with van der Waals surface area (Å²) in [6.45, 7) is 0. The molecule has 0 N–H and O–H groups in total. The summed E-state index contributed by atoms with van der Waals surface area (Å²) in [5.74, 6) is 0. The fourth-order valence-corrected chi connectivity index (χ4v) is 3.45. The van der Waals surface area contributed by atoms with Gasteiger partial charge in [-0.3, -0.25) is 0 Å². The maximum Gasteiger partial charge on any atom is 0.175 e. The van der Waals surface area contributed by atoms with Crippen LogP contribution in [-0.4, -0.2) is 29.3 Å². The summed E-state index contributed by atoms with van der Waals surface area (Å²) in [6.07, 6.45) is 3.79. The third kappa shape index (κ3) is 4.42. The van der Waals surface area contributed by atoms with Gasteiger partial charge in [0.25, 0.3) is 0 Å². The molecule has 2 aromatic rings. The highest BCUT2D eigenvalue weighted by Crippen LogP contribution is 2.15. The molecule has 0 unspecified atom stereocenters. The lowest BCUT2D eigenvalue weighted by atomic mass is 10.0. The molecule has 22 heavy (non-hydrogen) atoms. The van der Waals surface area contributed by atoms with Crippen molar-refractivity contribution in [2.75, 3.05) is 12.5 Å². The molecular weight excluding hydrogens is 320 g/mol. The lowest BCUT2D eigenvalue weighted by Gasteiger charge is -2.05. The summed E-state index contributed by atoms with van der Waals surface area (Å²) in [5.41, 5.74) is 1.95. The van der Waals surface area contributed by atoms with Gasteiger partial charge in [-0.05, 0) is 48.2 Å². The van der Waals surface area contributed by atoms with Crippen molar-refractivity contribution in [3.05, 3.63) is 59.7 Å². The van der Waals surface area contributed by atoms with E-state index in [9.17, 15) is 16.8 Å². The molecule has 118 valence electrons. The summed E-state index contributed by atoms with van der Waals surface area (Å²) in [7, 11) is -6.37. The first-order valence-electron chi connectivity index (χ1n) is 6.74. The van der Waals surface area contributed by atoms with E-state index in [4.69, 9.17) is 0 Å². The van der Waals surface area contributed by atoms with Crippen LogP contribution in [0.3, 0.4) is 0 Å². The van der Waals surface area contributed by atoms with Crippen LogP contribution in [0, 0.1) is 0 Å². The minimum Gasteiger partial charge on any atom is -0.224 e. The first-order chi connectivity index (χ1) is 10.2. The molecule has 0 spiro atoms. The van der Waals surface area contributed by atoms with Gasteiger partial charge in [-0.2, -0.15) is 0 Å². The van der Waals surface area contributed by atoms with E-state index in [1.165, 1.54) is 12.5 Å². The smallest absolute Gasteiger partial charge is 0.175 e. The highest BCUT2D eigenvalue weighted by atomic mass is 32.2. The van der Waals surface area contributed by atoms with Crippen LogP contribution in [0.4, 0.5) is 0 Å². The molecule has 0 aromatic heterocycles. The Kier molecular flexibility index (Phi) is 4.72. The Morgan fingerprint density at radius 2 is 1.23 bits per heavy atom. The SMILES string of the molecule is CS(=O)(=O)c1ccc(CCc2cccc(S(C)(=O)=O)c2)cc1. The second-order valence-electron chi connectivity index (χ2n) is 5.34. The molecule has 6 heteroatoms. The van der Waals surface area contributed by atoms with Crippen molar-refractivity contribution in [1.82, 2.24) is 0 Å². The van der Waals surface area contributed by atoms with Gasteiger partial charge in [0.15, 0.2) is 19.7 Å². The Bertz CT molecular complexity index is 865. The van der Waals surface area contributed by atoms with E-state index in [-0.39, 0.29) is 0 Å². The van der Waals surface area contributed by atoms with Gasteiger partial charge in [0, 0.05) is 12.5 Å². The standard InChI is InChI=1S/C16H18O4S2/c1-21(17,18)15-10-8-13(9-11-15)6-7-14-4-3-5-16(12-14)22(2,19)20/h3-5,8-12H,6-7H2,1-2H3. The topological polar surface area (TPSA) is 68.3 Å². The average Bonchev–Trinajstić information content (AvgIpc) is 2.44. The van der Waals surface area contributed by atoms with Crippen LogP contribution in [0.2, 0.25) is 0 Å². The molecule has 0 radical (unpaired) electrons. The summed E-state index contributed by atoms with van der Waals surface area (Å²) in [4.78, 5) is 0.618. The third-order valence-electron chi connectivity index (χ3n) is 3.38. The van der Waals surface area contributed by atoms with E-state index in [1.807, 2.05) is 6.07 Å². The molecule has 0 aliphatic carbocycles. The lowest BCUT2D eigenvalue weighted by Crippen LogP contribution is -1.99. The highest BCUT2D eigenvalue weighted by molar-refractivity contribution is 7.91. The summed E-state index contributed by atoms with van der Waals surface area (Å²) >= 11 is 0. The normalized spacial score (nSPS) is 12.3. The van der Waals surface area contributed by atoms with E-state index in [0.29, 0.717) is 16.2 Å². The fourth-order valence-electron chi connectivity index (χ4n) is 2.12. The first kappa shape index (κ1) is 16.7. The van der Waals surface area contributed by atoms with Gasteiger partial charge in [0.1, 0.15) is 0 Å². The van der Waals surface area contributed by atoms with Crippen LogP contribution in [0.15, 0.2) is 58.3 Å². The first-order valence-corrected chi connectivity index (χ1v) is 10.5. The van der Waals surface area contributed by atoms with Gasteiger partial charge in [-0.15, -0.1) is 0 Å². The third-order valence-corrected chi connectivity index (χ3v) is 5.62. The summed E-state index contributed by atoms with van der Waals surface area (Å²) in [5, 5.41) is 0. The molecule has 2 aromatic carbocycles. The van der Waals surface area contributed by atoms with Crippen molar-refractivity contribution in [3.63, 3.8) is 0 Å². The van der Waals surface area contributed by atoms with Crippen LogP contribution in [0.5, 0.6) is 0 Å². The molecule has 0 aliphatic rings. The van der Waals surface area contributed by atoms with Crippen LogP contribution < -0.4 is 0 Å². The van der Waals surface area contributed by atoms with Crippen molar-refractivity contribution < 1.29 is 16.8 Å². The van der Waals surface area contributed by atoms with Crippen molar-refractivity contribution in [3.8, 4) is 0 Å². The Morgan fingerprint density at radius 3 is 1.77 bits per heavy atom. The van der Waals surface area contributed by atoms with E-state index in [1.54, 1.807) is 42.5 Å². The monoisotopic (exact) mass is 338 g/mol. The molecule has 4 nitrogen and oxygen atoms in total. The second kappa shape index (κ2) is 6.22. The number of rotatable bonds is 5. The zero-order valence-electron chi connectivity index (χ0n) is 12.5. The van der Waals surface area contributed by atoms with Crippen LogP contribution in [0.25, 0.3) is 0 Å².